The molecule has 12 heteroatoms. The van der Waals surface area contributed by atoms with Crippen molar-refractivity contribution in [1.29, 1.82) is 0 Å². The van der Waals surface area contributed by atoms with Gasteiger partial charge in [0, 0.05) is 25.6 Å². The molecule has 0 amide bonds. The number of hydrogen-bond acceptors (Lipinski definition) is 7. The van der Waals surface area contributed by atoms with Gasteiger partial charge in [-0.15, -0.1) is 5.10 Å². The molecule has 0 bridgehead atoms. The lowest BCUT2D eigenvalue weighted by Crippen LogP contribution is -2.28. The van der Waals surface area contributed by atoms with E-state index in [1.807, 2.05) is 4.90 Å². The van der Waals surface area contributed by atoms with Crippen molar-refractivity contribution in [2.24, 2.45) is 11.8 Å². The Hall–Kier alpha value is -3.31. The highest BCUT2D eigenvalue weighted by molar-refractivity contribution is 5.52. The number of aromatic amines is 1. The molecular formula is C24H28F4N8. The molecule has 3 aromatic rings. The third-order valence-corrected chi connectivity index (χ3v) is 7.06. The minimum atomic E-state index is -4.39. The van der Waals surface area contributed by atoms with Gasteiger partial charge in [0.2, 0.25) is 5.82 Å². The van der Waals surface area contributed by atoms with Gasteiger partial charge in [0.1, 0.15) is 12.2 Å². The number of alkyl halides is 3. The molecule has 5 rings (SSSR count). The third-order valence-electron chi connectivity index (χ3n) is 7.06. The van der Waals surface area contributed by atoms with E-state index in [1.54, 1.807) is 0 Å². The van der Waals surface area contributed by atoms with E-state index in [4.69, 9.17) is 0 Å². The Balaban J connectivity index is 1.20. The number of aromatic nitrogens is 6. The Morgan fingerprint density at radius 3 is 2.33 bits per heavy atom. The second-order valence-corrected chi connectivity index (χ2v) is 9.73. The van der Waals surface area contributed by atoms with Gasteiger partial charge in [-0.3, -0.25) is 0 Å². The van der Waals surface area contributed by atoms with Crippen LogP contribution in [0.1, 0.15) is 55.5 Å². The average Bonchev–Trinajstić information content (AvgIpc) is 3.58. The number of anilines is 2. The number of tetrazole rings is 1. The summed E-state index contributed by atoms with van der Waals surface area (Å²) >= 11 is 0. The van der Waals surface area contributed by atoms with Crippen LogP contribution < -0.4 is 10.2 Å². The fourth-order valence-corrected chi connectivity index (χ4v) is 4.86. The fourth-order valence-electron chi connectivity index (χ4n) is 4.86. The van der Waals surface area contributed by atoms with Crippen LogP contribution in [0.25, 0.3) is 0 Å². The number of nitrogens with one attached hydrogen (secondary N) is 2. The molecule has 2 aliphatic rings. The number of benzene rings is 1. The number of H-pyrrole nitrogens is 1. The summed E-state index contributed by atoms with van der Waals surface area (Å²) < 4.78 is 54.1. The second-order valence-electron chi connectivity index (χ2n) is 9.73. The van der Waals surface area contributed by atoms with Crippen LogP contribution in [0.5, 0.6) is 0 Å². The van der Waals surface area contributed by atoms with E-state index in [-0.39, 0.29) is 24.2 Å². The molecular weight excluding hydrogens is 476 g/mol. The summed E-state index contributed by atoms with van der Waals surface area (Å²) in [6, 6.07) is 5.10. The molecule has 36 heavy (non-hydrogen) atoms. The summed E-state index contributed by atoms with van der Waals surface area (Å²) in [5, 5.41) is 17.2. The van der Waals surface area contributed by atoms with Crippen molar-refractivity contribution >= 4 is 11.6 Å². The van der Waals surface area contributed by atoms with Crippen LogP contribution >= 0.6 is 0 Å². The second kappa shape index (κ2) is 10.4. The predicted molar refractivity (Wildman–Crippen MR) is 124 cm³/mol. The number of hydrogen-bond donors (Lipinski definition) is 2. The highest BCUT2D eigenvalue weighted by Gasteiger charge is 2.34. The molecule has 2 aliphatic carbocycles. The Morgan fingerprint density at radius 2 is 1.69 bits per heavy atom. The molecule has 2 aromatic heterocycles. The van der Waals surface area contributed by atoms with E-state index in [9.17, 15) is 13.2 Å². The van der Waals surface area contributed by atoms with E-state index >= 15 is 4.39 Å². The maximum absolute atomic E-state index is 15.5. The minimum Gasteiger partial charge on any atom is -0.367 e. The smallest absolute Gasteiger partial charge is 0.367 e. The van der Waals surface area contributed by atoms with E-state index in [0.29, 0.717) is 23.9 Å². The largest absolute Gasteiger partial charge is 0.416 e. The molecule has 2 fully saturated rings. The van der Waals surface area contributed by atoms with Crippen molar-refractivity contribution in [2.75, 3.05) is 16.8 Å². The normalized spacial score (nSPS) is 20.3. The van der Waals surface area contributed by atoms with Gasteiger partial charge in [0.25, 0.3) is 0 Å². The van der Waals surface area contributed by atoms with Gasteiger partial charge in [-0.25, -0.2) is 15.1 Å². The van der Waals surface area contributed by atoms with Gasteiger partial charge in [0.05, 0.1) is 5.56 Å². The third kappa shape index (κ3) is 5.90. The van der Waals surface area contributed by atoms with Gasteiger partial charge in [-0.1, -0.05) is 12.1 Å². The van der Waals surface area contributed by atoms with Crippen molar-refractivity contribution in [3.05, 3.63) is 53.4 Å². The maximum Gasteiger partial charge on any atom is 0.416 e. The van der Waals surface area contributed by atoms with Crippen molar-refractivity contribution in [2.45, 2.75) is 63.7 Å². The summed E-state index contributed by atoms with van der Waals surface area (Å²) in [6.45, 7) is 0.896. The summed E-state index contributed by atoms with van der Waals surface area (Å²) in [4.78, 5) is 10.1. The van der Waals surface area contributed by atoms with Gasteiger partial charge in [-0.2, -0.15) is 17.6 Å². The highest BCUT2D eigenvalue weighted by Crippen LogP contribution is 2.36. The molecule has 2 N–H and O–H groups in total. The van der Waals surface area contributed by atoms with E-state index in [0.717, 1.165) is 62.9 Å². The van der Waals surface area contributed by atoms with Crippen molar-refractivity contribution in [1.82, 2.24) is 30.6 Å². The van der Waals surface area contributed by atoms with Crippen LogP contribution in [0.3, 0.4) is 0 Å². The molecule has 2 heterocycles. The van der Waals surface area contributed by atoms with E-state index in [1.165, 1.54) is 18.5 Å². The zero-order valence-electron chi connectivity index (χ0n) is 19.7. The molecule has 0 unspecified atom stereocenters. The molecule has 0 radical (unpaired) electrons. The van der Waals surface area contributed by atoms with Crippen LogP contribution in [0.2, 0.25) is 0 Å². The summed E-state index contributed by atoms with van der Waals surface area (Å²) in [6.07, 6.45) is 3.75. The van der Waals surface area contributed by atoms with Gasteiger partial charge < -0.3 is 10.2 Å². The van der Waals surface area contributed by atoms with Crippen molar-refractivity contribution in [3.63, 3.8) is 0 Å². The zero-order chi connectivity index (χ0) is 25.1. The monoisotopic (exact) mass is 504 g/mol. The molecule has 0 aliphatic heterocycles. The Bertz CT molecular complexity index is 1120. The lowest BCUT2D eigenvalue weighted by Gasteiger charge is -2.28. The first-order chi connectivity index (χ1) is 17.4. The Kier molecular flexibility index (Phi) is 7.01. The van der Waals surface area contributed by atoms with Crippen molar-refractivity contribution < 1.29 is 17.6 Å². The molecule has 2 saturated carbocycles. The zero-order valence-corrected chi connectivity index (χ0v) is 19.7. The van der Waals surface area contributed by atoms with E-state index < -0.39 is 17.6 Å². The summed E-state index contributed by atoms with van der Waals surface area (Å²) in [5.41, 5.74) is -0.0340. The number of rotatable bonds is 9. The highest BCUT2D eigenvalue weighted by atomic mass is 19.4. The number of halogens is 4. The van der Waals surface area contributed by atoms with Gasteiger partial charge >= 0.3 is 6.18 Å². The number of nitrogens with zero attached hydrogens (tertiary/aromatic N) is 6. The predicted octanol–water partition coefficient (Wildman–Crippen LogP) is 4.78. The lowest BCUT2D eigenvalue weighted by molar-refractivity contribution is -0.137. The molecule has 192 valence electrons. The van der Waals surface area contributed by atoms with Crippen LogP contribution in [0.15, 0.2) is 30.6 Å². The quantitative estimate of drug-likeness (QED) is 0.405. The van der Waals surface area contributed by atoms with Crippen LogP contribution in [0, 0.1) is 17.7 Å². The summed E-state index contributed by atoms with van der Waals surface area (Å²) in [7, 11) is 0. The first-order valence-electron chi connectivity index (χ1n) is 12.3. The van der Waals surface area contributed by atoms with Crippen molar-refractivity contribution in [3.8, 4) is 0 Å². The molecule has 0 spiro atoms. The van der Waals surface area contributed by atoms with Crippen LogP contribution in [0.4, 0.5) is 29.2 Å². The fraction of sp³-hybridized carbons (Fsp3) is 0.542. The van der Waals surface area contributed by atoms with Crippen LogP contribution in [-0.2, 0) is 19.1 Å². The first kappa shape index (κ1) is 24.4. The Morgan fingerprint density at radius 1 is 0.972 bits per heavy atom. The molecule has 1 aromatic carbocycles. The minimum absolute atomic E-state index is 0.111. The SMILES string of the molecule is Fc1c(NC[C@H]2CC[C@H](Cc3nnn[nH]3)CC2)ncnc1N(Cc1ccc(C(F)(F)F)cc1)C1CC1. The first-order valence-corrected chi connectivity index (χ1v) is 12.3. The topological polar surface area (TPSA) is 95.5 Å². The van der Waals surface area contributed by atoms with Gasteiger partial charge in [-0.05, 0) is 78.5 Å². The van der Waals surface area contributed by atoms with E-state index in [2.05, 4.69) is 35.9 Å². The lowest BCUT2D eigenvalue weighted by atomic mass is 9.80. The van der Waals surface area contributed by atoms with Crippen LogP contribution in [-0.4, -0.2) is 43.2 Å². The maximum atomic E-state index is 15.5. The Labute approximate surface area is 205 Å². The molecule has 0 atom stereocenters. The standard InChI is InChI=1S/C24H28F4N8/c25-21-22(29-12-16-3-1-15(2-4-16)11-20-32-34-35-33-20)30-14-31-23(21)36(19-9-10-19)13-17-5-7-18(8-6-17)24(26,27)28/h5-8,14-16,19H,1-4,9-13H2,(H,29,30,31)(H,32,33,34,35)/t15-,16-. The van der Waals surface area contributed by atoms with Gasteiger partial charge in [0.15, 0.2) is 11.6 Å². The average molecular weight is 505 g/mol. The molecule has 8 nitrogen and oxygen atoms in total. The molecule has 0 saturated heterocycles. The summed E-state index contributed by atoms with van der Waals surface area (Å²) in [5.74, 6) is 1.58.